The topological polar surface area (TPSA) is 99.5 Å². The van der Waals surface area contributed by atoms with E-state index in [1.165, 1.54) is 24.4 Å². The lowest BCUT2D eigenvalue weighted by Gasteiger charge is -1.99. The number of benzene rings is 2. The highest BCUT2D eigenvalue weighted by atomic mass is 16.6. The molecule has 0 aromatic heterocycles. The highest BCUT2D eigenvalue weighted by Gasteiger charge is 2.08. The first-order valence-corrected chi connectivity index (χ1v) is 5.62. The monoisotopic (exact) mass is 267 g/mol. The predicted octanol–water partition coefficient (Wildman–Crippen LogP) is 2.92. The maximum Gasteiger partial charge on any atom is 0.270 e. The first-order valence-electron chi connectivity index (χ1n) is 5.62. The molecule has 0 saturated heterocycles. The number of nitriles is 1. The summed E-state index contributed by atoms with van der Waals surface area (Å²) < 4.78 is 0. The predicted molar refractivity (Wildman–Crippen MR) is 73.2 cm³/mol. The van der Waals surface area contributed by atoms with E-state index in [-0.39, 0.29) is 17.0 Å². The highest BCUT2D eigenvalue weighted by molar-refractivity contribution is 5.86. The van der Waals surface area contributed by atoms with E-state index in [2.05, 4.69) is 4.99 Å². The van der Waals surface area contributed by atoms with E-state index in [0.717, 1.165) is 0 Å². The largest absolute Gasteiger partial charge is 0.507 e. The molecule has 2 aromatic rings. The molecule has 0 bridgehead atoms. The van der Waals surface area contributed by atoms with Crippen molar-refractivity contribution >= 4 is 17.6 Å². The maximum atomic E-state index is 10.7. The SMILES string of the molecule is N#Cc1cccc(N=Cc2cc([N+](=O)[O-])ccc2O)c1. The van der Waals surface area contributed by atoms with Gasteiger partial charge in [0, 0.05) is 23.9 Å². The van der Waals surface area contributed by atoms with Crippen molar-refractivity contribution in [1.29, 1.82) is 5.26 Å². The lowest BCUT2D eigenvalue weighted by Crippen LogP contribution is -1.90. The van der Waals surface area contributed by atoms with Gasteiger partial charge in [0.1, 0.15) is 5.75 Å². The van der Waals surface area contributed by atoms with Crippen LogP contribution in [0.3, 0.4) is 0 Å². The van der Waals surface area contributed by atoms with Crippen molar-refractivity contribution in [2.24, 2.45) is 4.99 Å². The van der Waals surface area contributed by atoms with Crippen molar-refractivity contribution in [3.8, 4) is 11.8 Å². The molecule has 0 aliphatic carbocycles. The van der Waals surface area contributed by atoms with E-state index >= 15 is 0 Å². The Kier molecular flexibility index (Phi) is 3.72. The third-order valence-corrected chi connectivity index (χ3v) is 2.55. The van der Waals surface area contributed by atoms with Crippen LogP contribution in [0, 0.1) is 21.4 Å². The number of rotatable bonds is 3. The van der Waals surface area contributed by atoms with E-state index < -0.39 is 4.92 Å². The molecule has 0 aliphatic rings. The second-order valence-corrected chi connectivity index (χ2v) is 3.92. The third kappa shape index (κ3) is 2.97. The molecule has 0 saturated carbocycles. The molecule has 2 rings (SSSR count). The normalized spacial score (nSPS) is 10.3. The van der Waals surface area contributed by atoms with Crippen molar-refractivity contribution < 1.29 is 10.0 Å². The zero-order chi connectivity index (χ0) is 14.5. The van der Waals surface area contributed by atoms with Crippen LogP contribution in [0.25, 0.3) is 0 Å². The fourth-order valence-electron chi connectivity index (χ4n) is 1.56. The summed E-state index contributed by atoms with van der Waals surface area (Å²) >= 11 is 0. The van der Waals surface area contributed by atoms with Crippen LogP contribution < -0.4 is 0 Å². The Morgan fingerprint density at radius 2 is 2.10 bits per heavy atom. The van der Waals surface area contributed by atoms with Crippen molar-refractivity contribution in [1.82, 2.24) is 0 Å². The molecule has 2 aromatic carbocycles. The molecule has 0 aliphatic heterocycles. The first kappa shape index (κ1) is 13.2. The Labute approximate surface area is 114 Å². The van der Waals surface area contributed by atoms with Crippen molar-refractivity contribution in [3.05, 3.63) is 63.7 Å². The molecule has 0 unspecified atom stereocenters. The number of hydrogen-bond donors (Lipinski definition) is 1. The molecular weight excluding hydrogens is 258 g/mol. The zero-order valence-corrected chi connectivity index (χ0v) is 10.2. The fourth-order valence-corrected chi connectivity index (χ4v) is 1.56. The number of hydrogen-bond acceptors (Lipinski definition) is 5. The molecule has 1 N–H and O–H groups in total. The van der Waals surface area contributed by atoms with E-state index in [1.807, 2.05) is 6.07 Å². The van der Waals surface area contributed by atoms with Gasteiger partial charge in [-0.3, -0.25) is 15.1 Å². The Balaban J connectivity index is 2.33. The standard InChI is InChI=1S/C14H9N3O3/c15-8-10-2-1-3-12(6-10)16-9-11-7-13(17(19)20)4-5-14(11)18/h1-7,9,18H. The summed E-state index contributed by atoms with van der Waals surface area (Å²) in [7, 11) is 0. The number of non-ortho nitro benzene ring substituents is 1. The van der Waals surface area contributed by atoms with Crippen LogP contribution in [0.2, 0.25) is 0 Å². The second kappa shape index (κ2) is 5.63. The Morgan fingerprint density at radius 1 is 1.30 bits per heavy atom. The summed E-state index contributed by atoms with van der Waals surface area (Å²) in [6.07, 6.45) is 1.32. The molecule has 6 heteroatoms. The zero-order valence-electron chi connectivity index (χ0n) is 10.2. The van der Waals surface area contributed by atoms with Crippen LogP contribution in [-0.4, -0.2) is 16.2 Å². The van der Waals surface area contributed by atoms with Gasteiger partial charge in [-0.25, -0.2) is 0 Å². The van der Waals surface area contributed by atoms with Gasteiger partial charge in [-0.05, 0) is 24.3 Å². The molecule has 20 heavy (non-hydrogen) atoms. The highest BCUT2D eigenvalue weighted by Crippen LogP contribution is 2.22. The molecule has 0 amide bonds. The van der Waals surface area contributed by atoms with Gasteiger partial charge in [-0.15, -0.1) is 0 Å². The van der Waals surface area contributed by atoms with E-state index in [4.69, 9.17) is 5.26 Å². The minimum Gasteiger partial charge on any atom is -0.507 e. The van der Waals surface area contributed by atoms with Crippen molar-refractivity contribution in [2.45, 2.75) is 0 Å². The van der Waals surface area contributed by atoms with Crippen molar-refractivity contribution in [2.75, 3.05) is 0 Å². The van der Waals surface area contributed by atoms with Crippen LogP contribution in [0.5, 0.6) is 5.75 Å². The van der Waals surface area contributed by atoms with Gasteiger partial charge in [0.05, 0.1) is 22.2 Å². The smallest absolute Gasteiger partial charge is 0.270 e. The average Bonchev–Trinajstić information content (AvgIpc) is 2.46. The quantitative estimate of drug-likeness (QED) is 0.525. The van der Waals surface area contributed by atoms with Gasteiger partial charge in [0.15, 0.2) is 0 Å². The number of aromatic hydroxyl groups is 1. The molecule has 0 fully saturated rings. The Hall–Kier alpha value is -3.20. The minimum absolute atomic E-state index is 0.101. The van der Waals surface area contributed by atoms with E-state index in [0.29, 0.717) is 11.3 Å². The van der Waals surface area contributed by atoms with Gasteiger partial charge < -0.3 is 5.11 Å². The number of nitro benzene ring substituents is 1. The number of phenolic OH excluding ortho intramolecular Hbond substituents is 1. The van der Waals surface area contributed by atoms with Gasteiger partial charge >= 0.3 is 0 Å². The summed E-state index contributed by atoms with van der Waals surface area (Å²) in [4.78, 5) is 14.2. The first-order chi connectivity index (χ1) is 9.60. The van der Waals surface area contributed by atoms with Crippen molar-refractivity contribution in [3.63, 3.8) is 0 Å². The summed E-state index contributed by atoms with van der Waals surface area (Å²) in [6, 6.07) is 12.3. The molecule has 0 heterocycles. The molecule has 6 nitrogen and oxygen atoms in total. The molecular formula is C14H9N3O3. The van der Waals surface area contributed by atoms with E-state index in [1.54, 1.807) is 24.3 Å². The van der Waals surface area contributed by atoms with Gasteiger partial charge in [-0.1, -0.05) is 6.07 Å². The molecule has 0 spiro atoms. The van der Waals surface area contributed by atoms with Crippen LogP contribution in [0.15, 0.2) is 47.5 Å². The summed E-state index contributed by atoms with van der Waals surface area (Å²) in [6.45, 7) is 0. The van der Waals surface area contributed by atoms with Crippen LogP contribution in [-0.2, 0) is 0 Å². The summed E-state index contributed by atoms with van der Waals surface area (Å²) in [5.41, 5.74) is 1.09. The van der Waals surface area contributed by atoms with Crippen LogP contribution in [0.4, 0.5) is 11.4 Å². The maximum absolute atomic E-state index is 10.7. The average molecular weight is 267 g/mol. The minimum atomic E-state index is -0.549. The summed E-state index contributed by atoms with van der Waals surface area (Å²) in [5, 5.41) is 29.1. The number of nitro groups is 1. The van der Waals surface area contributed by atoms with Crippen LogP contribution in [0.1, 0.15) is 11.1 Å². The third-order valence-electron chi connectivity index (χ3n) is 2.55. The lowest BCUT2D eigenvalue weighted by molar-refractivity contribution is -0.384. The molecule has 0 atom stereocenters. The number of phenols is 1. The number of nitrogens with zero attached hydrogens (tertiary/aromatic N) is 3. The van der Waals surface area contributed by atoms with E-state index in [9.17, 15) is 15.2 Å². The fraction of sp³-hybridized carbons (Fsp3) is 0. The van der Waals surface area contributed by atoms with Crippen LogP contribution >= 0.6 is 0 Å². The van der Waals surface area contributed by atoms with Gasteiger partial charge in [0.2, 0.25) is 0 Å². The Morgan fingerprint density at radius 3 is 2.80 bits per heavy atom. The summed E-state index contributed by atoms with van der Waals surface area (Å²) in [5.74, 6) is -0.101. The number of aliphatic imine (C=N–C) groups is 1. The van der Waals surface area contributed by atoms with Gasteiger partial charge in [0.25, 0.3) is 5.69 Å². The Bertz CT molecular complexity index is 733. The second-order valence-electron chi connectivity index (χ2n) is 3.92. The molecule has 0 radical (unpaired) electrons. The molecule has 98 valence electrons. The van der Waals surface area contributed by atoms with Gasteiger partial charge in [-0.2, -0.15) is 5.26 Å². The lowest BCUT2D eigenvalue weighted by atomic mass is 10.2.